The smallest absolute Gasteiger partial charge is 0.159 e. The van der Waals surface area contributed by atoms with Crippen LogP contribution in [0.5, 0.6) is 0 Å². The molecule has 0 N–H and O–H groups in total. The third-order valence-electron chi connectivity index (χ3n) is 8.59. The molecule has 0 saturated heterocycles. The zero-order chi connectivity index (χ0) is 29.9. The first kappa shape index (κ1) is 27.5. The second-order valence-corrected chi connectivity index (χ2v) is 12.3. The maximum atomic E-state index is 13.6. The van der Waals surface area contributed by atoms with Gasteiger partial charge in [0.15, 0.2) is 46.5 Å². The van der Waals surface area contributed by atoms with E-state index in [2.05, 4.69) is 0 Å². The Kier molecular flexibility index (Phi) is 5.93. The molecule has 0 atom stereocenters. The van der Waals surface area contributed by atoms with E-state index in [1.54, 1.807) is 0 Å². The predicted molar refractivity (Wildman–Crippen MR) is 141 cm³/mol. The van der Waals surface area contributed by atoms with Gasteiger partial charge in [0.2, 0.25) is 0 Å². The van der Waals surface area contributed by atoms with Gasteiger partial charge in [0.25, 0.3) is 0 Å². The van der Waals surface area contributed by atoms with E-state index in [0.29, 0.717) is 57.3 Å². The summed E-state index contributed by atoms with van der Waals surface area (Å²) in [6.07, 6.45) is 1.39. The van der Waals surface area contributed by atoms with Crippen LogP contribution in [0.3, 0.4) is 0 Å². The van der Waals surface area contributed by atoms with Crippen molar-refractivity contribution in [3.05, 3.63) is 145 Å². The Morgan fingerprint density at radius 3 is 1.19 bits per heavy atom. The van der Waals surface area contributed by atoms with Crippen molar-refractivity contribution in [2.24, 2.45) is 0 Å². The summed E-state index contributed by atoms with van der Waals surface area (Å²) < 4.78 is 108. The van der Waals surface area contributed by atoms with Gasteiger partial charge in [0, 0.05) is 0 Å². The predicted octanol–water partition coefficient (Wildman–Crippen LogP) is 8.97. The van der Waals surface area contributed by atoms with Crippen molar-refractivity contribution in [3.63, 3.8) is 0 Å². The molecule has 0 fully saturated rings. The molecule has 0 bridgehead atoms. The monoisotopic (exact) mass is 622 g/mol. The molecule has 4 aliphatic rings. The summed E-state index contributed by atoms with van der Waals surface area (Å²) in [4.78, 5) is -2.50. The molecule has 42 heavy (non-hydrogen) atoms. The van der Waals surface area contributed by atoms with Gasteiger partial charge in [-0.05, 0) is 124 Å². The molecule has 0 nitrogen and oxygen atoms in total. The summed E-state index contributed by atoms with van der Waals surface area (Å²) in [5, 5.41) is 0. The lowest BCUT2D eigenvalue weighted by Crippen LogP contribution is -2.37. The Balaban J connectivity index is 0.000000138. The van der Waals surface area contributed by atoms with Gasteiger partial charge in [-0.1, -0.05) is 5.57 Å². The molecule has 0 aliphatic heterocycles. The summed E-state index contributed by atoms with van der Waals surface area (Å²) in [6.45, 7) is 0. The molecule has 0 unspecified atom stereocenters. The zero-order valence-electron chi connectivity index (χ0n) is 21.2. The van der Waals surface area contributed by atoms with Crippen molar-refractivity contribution in [3.8, 4) is 0 Å². The third-order valence-corrected chi connectivity index (χ3v) is 10.0. The van der Waals surface area contributed by atoms with Crippen LogP contribution in [0.4, 0.5) is 35.1 Å². The minimum absolute atomic E-state index is 0.197. The number of benzene rings is 4. The summed E-state index contributed by atoms with van der Waals surface area (Å²) in [5.74, 6) is -7.66. The van der Waals surface area contributed by atoms with E-state index in [1.165, 1.54) is 12.1 Å². The van der Waals surface area contributed by atoms with Crippen LogP contribution in [0.15, 0.2) is 54.1 Å². The van der Waals surface area contributed by atoms with Crippen LogP contribution >= 0.6 is 23.2 Å². The molecule has 0 spiro atoms. The number of hydrogen-bond acceptors (Lipinski definition) is 0. The molecule has 10 heteroatoms. The third kappa shape index (κ3) is 3.73. The van der Waals surface area contributed by atoms with Gasteiger partial charge in [-0.3, -0.25) is 0 Å². The molecule has 0 amide bonds. The first-order chi connectivity index (χ1) is 19.8. The van der Waals surface area contributed by atoms with Crippen molar-refractivity contribution in [2.45, 2.75) is 35.4 Å². The van der Waals surface area contributed by atoms with Crippen molar-refractivity contribution in [2.75, 3.05) is 0 Å². The first-order valence-electron chi connectivity index (χ1n) is 12.8. The number of alkyl halides is 2. The molecule has 0 saturated carbocycles. The normalized spacial score (nSPS) is 22.2. The van der Waals surface area contributed by atoms with Crippen LogP contribution in [0, 0.1) is 46.5 Å². The van der Waals surface area contributed by atoms with Crippen molar-refractivity contribution >= 4 is 28.8 Å². The van der Waals surface area contributed by atoms with Gasteiger partial charge in [-0.25, -0.2) is 35.1 Å². The van der Waals surface area contributed by atoms with Crippen LogP contribution in [-0.4, -0.2) is 4.87 Å². The SMILES string of the molecule is Fc1cc2c(cc1F)C1(Cl)c3cc(F)c(F)cc3CC1(Cl)C2.Fc1cc2c(cc1F)C1=C(C2)Cc2cc(F)c(F)cc21. The van der Waals surface area contributed by atoms with Gasteiger partial charge in [0.05, 0.1) is 4.87 Å². The highest BCUT2D eigenvalue weighted by Crippen LogP contribution is 2.63. The topological polar surface area (TPSA) is 0 Å². The van der Waals surface area contributed by atoms with Gasteiger partial charge < -0.3 is 0 Å². The highest BCUT2D eigenvalue weighted by Gasteiger charge is 2.62. The number of rotatable bonds is 0. The molecule has 4 aromatic rings. The summed E-state index contributed by atoms with van der Waals surface area (Å²) in [7, 11) is 0. The van der Waals surface area contributed by atoms with Gasteiger partial charge >= 0.3 is 0 Å². The molecular weight excluding hydrogens is 607 g/mol. The van der Waals surface area contributed by atoms with Crippen LogP contribution in [0.1, 0.15) is 44.5 Å². The summed E-state index contributed by atoms with van der Waals surface area (Å²) >= 11 is 13.3. The Bertz CT molecular complexity index is 1780. The van der Waals surface area contributed by atoms with Gasteiger partial charge in [-0.2, -0.15) is 0 Å². The van der Waals surface area contributed by atoms with Crippen LogP contribution in [-0.2, 0) is 30.6 Å². The van der Waals surface area contributed by atoms with Crippen molar-refractivity contribution in [1.82, 2.24) is 0 Å². The maximum absolute atomic E-state index is 13.6. The highest BCUT2D eigenvalue weighted by atomic mass is 35.5. The van der Waals surface area contributed by atoms with E-state index in [1.807, 2.05) is 0 Å². The molecule has 0 heterocycles. The Labute approximate surface area is 244 Å². The van der Waals surface area contributed by atoms with E-state index in [-0.39, 0.29) is 12.8 Å². The Morgan fingerprint density at radius 2 is 0.786 bits per heavy atom. The molecular formula is C32H16Cl2F8. The summed E-state index contributed by atoms with van der Waals surface area (Å²) in [6, 6.07) is 8.78. The van der Waals surface area contributed by atoms with Crippen molar-refractivity contribution in [1.29, 1.82) is 0 Å². The minimum Gasteiger partial charge on any atom is -0.204 e. The highest BCUT2D eigenvalue weighted by molar-refractivity contribution is 6.38. The van der Waals surface area contributed by atoms with Crippen LogP contribution < -0.4 is 0 Å². The fourth-order valence-corrected chi connectivity index (χ4v) is 7.78. The summed E-state index contributed by atoms with van der Waals surface area (Å²) in [5.41, 5.74) is 5.86. The fraction of sp³-hybridized carbons (Fsp3) is 0.188. The van der Waals surface area contributed by atoms with E-state index in [4.69, 9.17) is 23.2 Å². The zero-order valence-corrected chi connectivity index (χ0v) is 22.7. The molecule has 4 aromatic carbocycles. The van der Waals surface area contributed by atoms with E-state index in [0.717, 1.165) is 47.5 Å². The largest absolute Gasteiger partial charge is 0.204 e. The molecule has 0 radical (unpaired) electrons. The first-order valence-corrected chi connectivity index (χ1v) is 13.6. The Morgan fingerprint density at radius 1 is 0.452 bits per heavy atom. The minimum atomic E-state index is -1.40. The van der Waals surface area contributed by atoms with E-state index < -0.39 is 56.3 Å². The second-order valence-electron chi connectivity index (χ2n) is 11.0. The lowest BCUT2D eigenvalue weighted by molar-refractivity contribution is 0.502. The standard InChI is InChI=1S/C16H8Cl2F4.C16H8F4/c17-15-5-7-1-11(19)13(21)3-9(7)16(15,18)10-4-14(22)12(20)2-8(10)6-15;17-12-3-7-1-9-2-8-4-13(18)15(20)6-11(8)16(9)10(7)5-14(12)19/h1-4H,5-6H2;3-6H,1-2H2. The Hall–Kier alpha value is -3.36. The number of hydrogen-bond donors (Lipinski definition) is 0. The number of halogens is 10. The average Bonchev–Trinajstić information content (AvgIpc) is 3.55. The molecule has 0 aromatic heterocycles. The molecule has 8 rings (SSSR count). The lowest BCUT2D eigenvalue weighted by Gasteiger charge is -2.31. The van der Waals surface area contributed by atoms with E-state index >= 15 is 0 Å². The molecule has 4 aliphatic carbocycles. The lowest BCUT2D eigenvalue weighted by atomic mass is 9.90. The van der Waals surface area contributed by atoms with Gasteiger partial charge in [-0.15, -0.1) is 23.2 Å². The second kappa shape index (κ2) is 9.07. The number of allylic oxidation sites excluding steroid dienone is 1. The quantitative estimate of drug-likeness (QED) is 0.136. The van der Waals surface area contributed by atoms with Crippen LogP contribution in [0.2, 0.25) is 0 Å². The van der Waals surface area contributed by atoms with Crippen LogP contribution in [0.25, 0.3) is 5.57 Å². The van der Waals surface area contributed by atoms with E-state index in [9.17, 15) is 35.1 Å². The maximum Gasteiger partial charge on any atom is 0.159 e. The fourth-order valence-electron chi connectivity index (χ4n) is 6.81. The van der Waals surface area contributed by atoms with Crippen molar-refractivity contribution < 1.29 is 35.1 Å². The molecule has 214 valence electrons. The average molecular weight is 623 g/mol. The van der Waals surface area contributed by atoms with Gasteiger partial charge in [0.1, 0.15) is 4.87 Å². The number of fused-ring (bicyclic) bond motifs is 9.